The third-order valence-electron chi connectivity index (χ3n) is 4.59. The van der Waals surface area contributed by atoms with Crippen molar-refractivity contribution in [1.29, 1.82) is 0 Å². The lowest BCUT2D eigenvalue weighted by Crippen LogP contribution is -2.18. The highest BCUT2D eigenvalue weighted by Crippen LogP contribution is 2.26. The minimum Gasteiger partial charge on any atom is -0.356 e. The van der Waals surface area contributed by atoms with E-state index in [1.54, 1.807) is 62.4 Å². The molecule has 156 valence electrons. The molecular formula is C22H22N2O5S. The Morgan fingerprint density at radius 2 is 1.83 bits per heavy atom. The zero-order valence-corrected chi connectivity index (χ0v) is 17.7. The number of rotatable bonds is 7. The highest BCUT2D eigenvalue weighted by atomic mass is 32.2. The number of carbonyl (C=O) groups is 2. The quantitative estimate of drug-likeness (QED) is 0.573. The lowest BCUT2D eigenvalue weighted by Gasteiger charge is -2.10. The third-order valence-corrected chi connectivity index (χ3v) is 6.44. The normalized spacial score (nSPS) is 11.3. The number of nitrogens with one attached hydrogen (secondary N) is 1. The molecule has 3 aromatic rings. The summed E-state index contributed by atoms with van der Waals surface area (Å²) in [6.07, 6.45) is -0.211. The van der Waals surface area contributed by atoms with Crippen molar-refractivity contribution in [2.75, 3.05) is 11.1 Å². The van der Waals surface area contributed by atoms with Crippen LogP contribution in [0.15, 0.2) is 57.9 Å². The fraction of sp³-hybridized carbons (Fsp3) is 0.227. The van der Waals surface area contributed by atoms with Crippen LogP contribution in [0.5, 0.6) is 0 Å². The molecule has 0 saturated carbocycles. The zero-order valence-electron chi connectivity index (χ0n) is 16.9. The van der Waals surface area contributed by atoms with E-state index in [-0.39, 0.29) is 22.9 Å². The number of ketones is 1. The van der Waals surface area contributed by atoms with Gasteiger partial charge in [0.15, 0.2) is 21.4 Å². The minimum atomic E-state index is -3.70. The smallest absolute Gasteiger partial charge is 0.225 e. The molecule has 0 unspecified atom stereocenters. The second kappa shape index (κ2) is 8.62. The molecule has 0 spiro atoms. The topological polar surface area (TPSA) is 106 Å². The van der Waals surface area contributed by atoms with Crippen molar-refractivity contribution in [2.45, 2.75) is 32.1 Å². The van der Waals surface area contributed by atoms with Crippen molar-refractivity contribution in [3.05, 3.63) is 65.4 Å². The van der Waals surface area contributed by atoms with Gasteiger partial charge in [0.2, 0.25) is 5.91 Å². The molecule has 0 atom stereocenters. The molecule has 0 bridgehead atoms. The maximum absolute atomic E-state index is 12.9. The van der Waals surface area contributed by atoms with E-state index in [9.17, 15) is 18.0 Å². The Bertz CT molecular complexity index is 1210. The first-order valence-electron chi connectivity index (χ1n) is 9.33. The molecule has 2 aromatic carbocycles. The summed E-state index contributed by atoms with van der Waals surface area (Å²) in [6.45, 7) is 4.92. The number of nitrogens with zero attached hydrogens (tertiary/aromatic N) is 1. The average Bonchev–Trinajstić information content (AvgIpc) is 3.13. The van der Waals surface area contributed by atoms with E-state index in [0.29, 0.717) is 33.8 Å². The molecule has 0 radical (unpaired) electrons. The monoisotopic (exact) mass is 426 g/mol. The van der Waals surface area contributed by atoms with Crippen LogP contribution in [0.2, 0.25) is 0 Å². The van der Waals surface area contributed by atoms with Crippen LogP contribution in [-0.4, -0.2) is 31.0 Å². The summed E-state index contributed by atoms with van der Waals surface area (Å²) in [7, 11) is -3.70. The fourth-order valence-electron chi connectivity index (χ4n) is 2.96. The number of benzene rings is 2. The number of hydrogen-bond donors (Lipinski definition) is 1. The molecule has 0 aliphatic heterocycles. The first-order chi connectivity index (χ1) is 14.2. The summed E-state index contributed by atoms with van der Waals surface area (Å²) >= 11 is 0. The van der Waals surface area contributed by atoms with Gasteiger partial charge >= 0.3 is 0 Å². The van der Waals surface area contributed by atoms with Crippen LogP contribution in [0.4, 0.5) is 5.69 Å². The van der Waals surface area contributed by atoms with Crippen molar-refractivity contribution >= 4 is 27.2 Å². The van der Waals surface area contributed by atoms with Crippen LogP contribution in [0, 0.1) is 13.8 Å². The molecule has 0 aliphatic carbocycles. The van der Waals surface area contributed by atoms with E-state index in [1.807, 2.05) is 0 Å². The lowest BCUT2D eigenvalue weighted by molar-refractivity contribution is -0.115. The second-order valence-electron chi connectivity index (χ2n) is 7.07. The molecule has 0 aliphatic rings. The molecule has 0 saturated heterocycles. The van der Waals surface area contributed by atoms with Gasteiger partial charge in [-0.2, -0.15) is 0 Å². The van der Waals surface area contributed by atoms with Crippen LogP contribution in [0.3, 0.4) is 0 Å². The van der Waals surface area contributed by atoms with E-state index in [2.05, 4.69) is 10.5 Å². The Kier molecular flexibility index (Phi) is 6.17. The Hall–Kier alpha value is -3.26. The lowest BCUT2D eigenvalue weighted by atomic mass is 10.1. The molecule has 1 heterocycles. The average molecular weight is 426 g/mol. The standard InChI is InChI=1S/C22H22N2O5S/c1-14-7-8-18(20-11-15(2)24-29-20)13-21(14)30(27,28)10-9-22(26)23-19-6-4-5-17(12-19)16(3)25/h4-8,11-13H,9-10H2,1-3H3,(H,23,26). The molecule has 30 heavy (non-hydrogen) atoms. The Morgan fingerprint density at radius 3 is 2.50 bits per heavy atom. The minimum absolute atomic E-state index is 0.119. The van der Waals surface area contributed by atoms with Crippen LogP contribution < -0.4 is 5.32 Å². The van der Waals surface area contributed by atoms with Gasteiger partial charge < -0.3 is 9.84 Å². The van der Waals surface area contributed by atoms with Gasteiger partial charge in [0.05, 0.1) is 16.3 Å². The molecular weight excluding hydrogens is 404 g/mol. The van der Waals surface area contributed by atoms with Gasteiger partial charge in [0.1, 0.15) is 0 Å². The summed E-state index contributed by atoms with van der Waals surface area (Å²) in [5, 5.41) is 6.46. The summed E-state index contributed by atoms with van der Waals surface area (Å²) in [5.74, 6) is -0.428. The van der Waals surface area contributed by atoms with E-state index >= 15 is 0 Å². The highest BCUT2D eigenvalue weighted by Gasteiger charge is 2.20. The van der Waals surface area contributed by atoms with Gasteiger partial charge in [-0.05, 0) is 44.5 Å². The number of sulfone groups is 1. The predicted molar refractivity (Wildman–Crippen MR) is 113 cm³/mol. The van der Waals surface area contributed by atoms with Crippen molar-refractivity contribution in [1.82, 2.24) is 5.16 Å². The molecule has 1 N–H and O–H groups in total. The van der Waals surface area contributed by atoms with E-state index in [1.165, 1.54) is 6.92 Å². The molecule has 7 nitrogen and oxygen atoms in total. The summed E-state index contributed by atoms with van der Waals surface area (Å²) in [5.41, 5.74) is 2.80. The summed E-state index contributed by atoms with van der Waals surface area (Å²) < 4.78 is 31.0. The molecule has 1 amide bonds. The van der Waals surface area contributed by atoms with Crippen molar-refractivity contribution in [3.63, 3.8) is 0 Å². The fourth-order valence-corrected chi connectivity index (χ4v) is 4.50. The summed E-state index contributed by atoms with van der Waals surface area (Å²) in [6, 6.07) is 13.2. The Morgan fingerprint density at radius 1 is 1.07 bits per heavy atom. The van der Waals surface area contributed by atoms with Gasteiger partial charge in [-0.25, -0.2) is 8.42 Å². The van der Waals surface area contributed by atoms with Gasteiger partial charge in [0, 0.05) is 29.3 Å². The highest BCUT2D eigenvalue weighted by molar-refractivity contribution is 7.91. The number of hydrogen-bond acceptors (Lipinski definition) is 6. The van der Waals surface area contributed by atoms with Crippen LogP contribution in [-0.2, 0) is 14.6 Å². The van der Waals surface area contributed by atoms with Gasteiger partial charge in [-0.1, -0.05) is 29.4 Å². The SMILES string of the molecule is CC(=O)c1cccc(NC(=O)CCS(=O)(=O)c2cc(-c3cc(C)no3)ccc2C)c1. The number of aromatic nitrogens is 1. The van der Waals surface area contributed by atoms with Gasteiger partial charge in [-0.3, -0.25) is 9.59 Å². The largest absolute Gasteiger partial charge is 0.356 e. The van der Waals surface area contributed by atoms with Gasteiger partial charge in [-0.15, -0.1) is 0 Å². The third kappa shape index (κ3) is 5.01. The van der Waals surface area contributed by atoms with Crippen LogP contribution in [0.1, 0.15) is 35.0 Å². The van der Waals surface area contributed by atoms with Crippen molar-refractivity contribution in [2.24, 2.45) is 0 Å². The molecule has 3 rings (SSSR count). The van der Waals surface area contributed by atoms with Crippen molar-refractivity contribution in [3.8, 4) is 11.3 Å². The molecule has 0 fully saturated rings. The Balaban J connectivity index is 1.73. The van der Waals surface area contributed by atoms with Crippen molar-refractivity contribution < 1.29 is 22.5 Å². The van der Waals surface area contributed by atoms with E-state index < -0.39 is 15.7 Å². The Labute approximate surface area is 175 Å². The second-order valence-corrected chi connectivity index (χ2v) is 9.14. The van der Waals surface area contributed by atoms with Crippen LogP contribution in [0.25, 0.3) is 11.3 Å². The van der Waals surface area contributed by atoms with Gasteiger partial charge in [0.25, 0.3) is 0 Å². The molecule has 8 heteroatoms. The first-order valence-corrected chi connectivity index (χ1v) is 11.0. The number of anilines is 1. The number of Topliss-reactive ketones (excluding diaryl/α,β-unsaturated/α-hetero) is 1. The zero-order chi connectivity index (χ0) is 21.9. The number of aryl methyl sites for hydroxylation is 2. The maximum atomic E-state index is 12.9. The predicted octanol–water partition coefficient (Wildman–Crippen LogP) is 3.96. The summed E-state index contributed by atoms with van der Waals surface area (Å²) in [4.78, 5) is 23.9. The van der Waals surface area contributed by atoms with E-state index in [4.69, 9.17) is 4.52 Å². The molecule has 1 aromatic heterocycles. The first kappa shape index (κ1) is 21.4. The van der Waals surface area contributed by atoms with E-state index in [0.717, 1.165) is 0 Å². The number of amides is 1. The maximum Gasteiger partial charge on any atom is 0.225 e. The number of carbonyl (C=O) groups excluding carboxylic acids is 2. The van der Waals surface area contributed by atoms with Crippen LogP contribution >= 0.6 is 0 Å².